The van der Waals surface area contributed by atoms with Gasteiger partial charge < -0.3 is 0 Å². The van der Waals surface area contributed by atoms with Gasteiger partial charge in [0.2, 0.25) is 0 Å². The van der Waals surface area contributed by atoms with Crippen molar-refractivity contribution in [2.45, 2.75) is 32.2 Å². The second kappa shape index (κ2) is 3.43. The Morgan fingerprint density at radius 2 is 2.38 bits per heavy atom. The normalized spacial score (nSPS) is 21.4. The molecular formula is C11H17NS. The Balaban J connectivity index is 1.81. The highest BCUT2D eigenvalue weighted by Gasteiger charge is 2.34. The van der Waals surface area contributed by atoms with Crippen molar-refractivity contribution in [2.75, 3.05) is 13.1 Å². The summed E-state index contributed by atoms with van der Waals surface area (Å²) >= 11 is 1.80. The third kappa shape index (κ3) is 1.94. The van der Waals surface area contributed by atoms with E-state index in [1.807, 2.05) is 0 Å². The molecule has 0 saturated carbocycles. The van der Waals surface area contributed by atoms with Crippen LogP contribution in [0.15, 0.2) is 16.8 Å². The Morgan fingerprint density at radius 1 is 1.54 bits per heavy atom. The third-order valence-electron chi connectivity index (χ3n) is 3.10. The molecule has 1 nitrogen and oxygen atoms in total. The quantitative estimate of drug-likeness (QED) is 0.717. The zero-order chi connectivity index (χ0) is 9.31. The van der Waals surface area contributed by atoms with E-state index in [2.05, 4.69) is 35.6 Å². The van der Waals surface area contributed by atoms with Crippen LogP contribution in [0, 0.1) is 0 Å². The van der Waals surface area contributed by atoms with Crippen LogP contribution in [0.3, 0.4) is 0 Å². The molecule has 0 bridgehead atoms. The number of hydrogen-bond acceptors (Lipinski definition) is 2. The zero-order valence-electron chi connectivity index (χ0n) is 8.42. The number of rotatable bonds is 3. The van der Waals surface area contributed by atoms with Gasteiger partial charge in [-0.05, 0) is 49.1 Å². The molecule has 0 unspecified atom stereocenters. The molecule has 1 aromatic heterocycles. The predicted octanol–water partition coefficient (Wildman–Crippen LogP) is 2.77. The maximum Gasteiger partial charge on any atom is 0.0165 e. The molecule has 1 aromatic rings. The van der Waals surface area contributed by atoms with E-state index in [4.69, 9.17) is 0 Å². The topological polar surface area (TPSA) is 3.24 Å². The standard InChI is InChI=1S/C11H17NS/c1-11(2)5-7-12(11)6-3-10-4-8-13-9-10/h4,8-9H,3,5-7H2,1-2H3. The Hall–Kier alpha value is -0.340. The minimum atomic E-state index is 0.468. The smallest absolute Gasteiger partial charge is 0.0165 e. The Kier molecular flexibility index (Phi) is 2.43. The van der Waals surface area contributed by atoms with Gasteiger partial charge in [-0.15, -0.1) is 0 Å². The fourth-order valence-corrected chi connectivity index (χ4v) is 2.53. The van der Waals surface area contributed by atoms with Crippen LogP contribution >= 0.6 is 11.3 Å². The molecule has 0 N–H and O–H groups in total. The molecular weight excluding hydrogens is 178 g/mol. The third-order valence-corrected chi connectivity index (χ3v) is 3.83. The summed E-state index contributed by atoms with van der Waals surface area (Å²) in [5, 5.41) is 4.42. The minimum Gasteiger partial charge on any atom is -0.298 e. The lowest BCUT2D eigenvalue weighted by Crippen LogP contribution is -2.56. The van der Waals surface area contributed by atoms with E-state index >= 15 is 0 Å². The molecule has 0 atom stereocenters. The van der Waals surface area contributed by atoms with Crippen LogP contribution in [-0.2, 0) is 6.42 Å². The highest BCUT2D eigenvalue weighted by molar-refractivity contribution is 7.07. The van der Waals surface area contributed by atoms with Gasteiger partial charge in [0, 0.05) is 18.6 Å². The van der Waals surface area contributed by atoms with Crippen molar-refractivity contribution in [3.8, 4) is 0 Å². The molecule has 2 heterocycles. The van der Waals surface area contributed by atoms with E-state index in [1.54, 1.807) is 11.3 Å². The average molecular weight is 195 g/mol. The molecule has 13 heavy (non-hydrogen) atoms. The maximum atomic E-state index is 2.57. The molecule has 2 heteroatoms. The Morgan fingerprint density at radius 3 is 2.85 bits per heavy atom. The van der Waals surface area contributed by atoms with Crippen LogP contribution in [0.1, 0.15) is 25.8 Å². The van der Waals surface area contributed by atoms with Crippen molar-refractivity contribution in [1.29, 1.82) is 0 Å². The summed E-state index contributed by atoms with van der Waals surface area (Å²) in [7, 11) is 0. The molecule has 72 valence electrons. The molecule has 0 spiro atoms. The fraction of sp³-hybridized carbons (Fsp3) is 0.636. The lowest BCUT2D eigenvalue weighted by atomic mass is 9.88. The molecule has 0 amide bonds. The fourth-order valence-electron chi connectivity index (χ4n) is 1.83. The predicted molar refractivity (Wildman–Crippen MR) is 58.3 cm³/mol. The molecule has 0 radical (unpaired) electrons. The van der Waals surface area contributed by atoms with E-state index in [0.717, 1.165) is 0 Å². The second-order valence-electron chi connectivity index (χ2n) is 4.43. The SMILES string of the molecule is CC1(C)CCN1CCc1ccsc1. The van der Waals surface area contributed by atoms with Crippen molar-refractivity contribution in [3.63, 3.8) is 0 Å². The van der Waals surface area contributed by atoms with Gasteiger partial charge in [-0.1, -0.05) is 0 Å². The average Bonchev–Trinajstić information content (AvgIpc) is 2.55. The van der Waals surface area contributed by atoms with Crippen molar-refractivity contribution in [3.05, 3.63) is 22.4 Å². The lowest BCUT2D eigenvalue weighted by molar-refractivity contribution is 0.0174. The monoisotopic (exact) mass is 195 g/mol. The molecule has 1 fully saturated rings. The van der Waals surface area contributed by atoms with Crippen molar-refractivity contribution in [1.82, 2.24) is 4.90 Å². The zero-order valence-corrected chi connectivity index (χ0v) is 9.23. The molecule has 1 aliphatic heterocycles. The first-order valence-corrected chi connectivity index (χ1v) is 5.89. The van der Waals surface area contributed by atoms with E-state index in [1.165, 1.54) is 31.5 Å². The summed E-state index contributed by atoms with van der Waals surface area (Å²) in [6.45, 7) is 7.19. The number of likely N-dealkylation sites (tertiary alicyclic amines) is 1. The van der Waals surface area contributed by atoms with Crippen LogP contribution < -0.4 is 0 Å². The highest BCUT2D eigenvalue weighted by atomic mass is 32.1. The van der Waals surface area contributed by atoms with Crippen LogP contribution in [0.25, 0.3) is 0 Å². The van der Waals surface area contributed by atoms with Gasteiger partial charge in [-0.2, -0.15) is 11.3 Å². The summed E-state index contributed by atoms with van der Waals surface area (Å²) in [6, 6.07) is 2.23. The molecule has 0 aromatic carbocycles. The molecule has 0 aliphatic carbocycles. The number of thiophene rings is 1. The first kappa shape index (κ1) is 9.22. The summed E-state index contributed by atoms with van der Waals surface area (Å²) in [5.74, 6) is 0. The van der Waals surface area contributed by atoms with Gasteiger partial charge in [0.25, 0.3) is 0 Å². The van der Waals surface area contributed by atoms with E-state index in [-0.39, 0.29) is 0 Å². The lowest BCUT2D eigenvalue weighted by Gasteiger charge is -2.48. The van der Waals surface area contributed by atoms with Gasteiger partial charge in [-0.25, -0.2) is 0 Å². The van der Waals surface area contributed by atoms with Gasteiger partial charge >= 0.3 is 0 Å². The Labute approximate surface area is 84.4 Å². The van der Waals surface area contributed by atoms with Gasteiger partial charge in [-0.3, -0.25) is 4.90 Å². The van der Waals surface area contributed by atoms with Crippen LogP contribution in [0.5, 0.6) is 0 Å². The number of hydrogen-bond donors (Lipinski definition) is 0. The van der Waals surface area contributed by atoms with Crippen LogP contribution in [0.4, 0.5) is 0 Å². The van der Waals surface area contributed by atoms with Crippen molar-refractivity contribution < 1.29 is 0 Å². The van der Waals surface area contributed by atoms with E-state index in [9.17, 15) is 0 Å². The van der Waals surface area contributed by atoms with Crippen molar-refractivity contribution >= 4 is 11.3 Å². The first-order chi connectivity index (χ1) is 6.18. The highest BCUT2D eigenvalue weighted by Crippen LogP contribution is 2.29. The summed E-state index contributed by atoms with van der Waals surface area (Å²) < 4.78 is 0. The van der Waals surface area contributed by atoms with Gasteiger partial charge in [0.1, 0.15) is 0 Å². The maximum absolute atomic E-state index is 2.57. The van der Waals surface area contributed by atoms with E-state index < -0.39 is 0 Å². The largest absolute Gasteiger partial charge is 0.298 e. The molecule has 2 rings (SSSR count). The van der Waals surface area contributed by atoms with E-state index in [0.29, 0.717) is 5.54 Å². The van der Waals surface area contributed by atoms with Crippen molar-refractivity contribution in [2.24, 2.45) is 0 Å². The summed E-state index contributed by atoms with van der Waals surface area (Å²) in [6.07, 6.45) is 2.57. The first-order valence-electron chi connectivity index (χ1n) is 4.95. The Bertz CT molecular complexity index is 264. The van der Waals surface area contributed by atoms with Crippen LogP contribution in [-0.4, -0.2) is 23.5 Å². The second-order valence-corrected chi connectivity index (χ2v) is 5.21. The molecule has 1 aliphatic rings. The minimum absolute atomic E-state index is 0.468. The number of nitrogens with zero attached hydrogens (tertiary/aromatic N) is 1. The molecule has 1 saturated heterocycles. The van der Waals surface area contributed by atoms with Gasteiger partial charge in [0.15, 0.2) is 0 Å². The summed E-state index contributed by atoms with van der Waals surface area (Å²) in [4.78, 5) is 2.57. The van der Waals surface area contributed by atoms with Crippen LogP contribution in [0.2, 0.25) is 0 Å². The van der Waals surface area contributed by atoms with Gasteiger partial charge in [0.05, 0.1) is 0 Å². The summed E-state index contributed by atoms with van der Waals surface area (Å²) in [5.41, 5.74) is 1.96.